The quantitative estimate of drug-likeness (QED) is 0.269. The van der Waals surface area contributed by atoms with Crippen molar-refractivity contribution in [2.24, 2.45) is 10.1 Å². The number of hydrogen-bond acceptors (Lipinski definition) is 6. The highest BCUT2D eigenvalue weighted by atomic mass is 35.5. The molecule has 0 spiro atoms. The van der Waals surface area contributed by atoms with Gasteiger partial charge in [-0.25, -0.2) is 9.73 Å². The number of rotatable bonds is 8. The molecule has 11 nitrogen and oxygen atoms in total. The second-order valence-electron chi connectivity index (χ2n) is 7.94. The van der Waals surface area contributed by atoms with Crippen LogP contribution in [-0.4, -0.2) is 73.6 Å². The van der Waals surface area contributed by atoms with Gasteiger partial charge in [-0.1, -0.05) is 42.8 Å². The van der Waals surface area contributed by atoms with Crippen LogP contribution in [-0.2, 0) is 19.8 Å². The molecule has 3 N–H and O–H groups in total. The van der Waals surface area contributed by atoms with Gasteiger partial charge in [-0.2, -0.15) is 17.8 Å². The number of benzene rings is 2. The van der Waals surface area contributed by atoms with E-state index in [1.807, 2.05) is 12.1 Å². The van der Waals surface area contributed by atoms with E-state index in [4.69, 9.17) is 16.7 Å². The monoisotopic (exact) mass is 534 g/mol. The van der Waals surface area contributed by atoms with Crippen LogP contribution >= 0.6 is 11.6 Å². The molecule has 0 saturated carbocycles. The van der Waals surface area contributed by atoms with Gasteiger partial charge in [0.2, 0.25) is 11.9 Å². The number of anilines is 1. The summed E-state index contributed by atoms with van der Waals surface area (Å²) in [5.41, 5.74) is 2.79. The van der Waals surface area contributed by atoms with Crippen LogP contribution in [0.5, 0.6) is 0 Å². The van der Waals surface area contributed by atoms with Gasteiger partial charge in [0.1, 0.15) is 6.42 Å². The zero-order valence-corrected chi connectivity index (χ0v) is 21.5. The van der Waals surface area contributed by atoms with Gasteiger partial charge >= 0.3 is 16.2 Å². The minimum absolute atomic E-state index is 0.0711. The van der Waals surface area contributed by atoms with Crippen LogP contribution in [0.4, 0.5) is 5.69 Å². The highest BCUT2D eigenvalue weighted by molar-refractivity contribution is 7.87. The first-order valence-corrected chi connectivity index (χ1v) is 12.8. The standard InChI is InChI=1S/C23H27ClN6O5S/c1-4-29(3)36(34,35)28-23(25-2)30-14-19(22(27-30)16-5-9-17(24)10-6-16)15-7-11-18(12-8-15)26-20(31)13-21(32)33/h5-12,19H,4,13-14H2,1-3H3,(H,25,28)(H,26,31)(H,32,33). The number of nitrogens with one attached hydrogen (secondary N) is 2. The average Bonchev–Trinajstić information content (AvgIpc) is 3.27. The second kappa shape index (κ2) is 11.5. The molecular weight excluding hydrogens is 508 g/mol. The first-order chi connectivity index (χ1) is 17.0. The van der Waals surface area contributed by atoms with Crippen LogP contribution in [0.15, 0.2) is 58.6 Å². The molecule has 0 saturated heterocycles. The molecule has 0 fully saturated rings. The largest absolute Gasteiger partial charge is 0.481 e. The molecule has 0 aromatic heterocycles. The molecule has 1 atom stereocenters. The highest BCUT2D eigenvalue weighted by Crippen LogP contribution is 2.30. The summed E-state index contributed by atoms with van der Waals surface area (Å²) in [6, 6.07) is 14.1. The Hall–Kier alpha value is -3.48. The summed E-state index contributed by atoms with van der Waals surface area (Å²) in [7, 11) is -0.877. The maximum atomic E-state index is 12.6. The fourth-order valence-electron chi connectivity index (χ4n) is 3.49. The lowest BCUT2D eigenvalue weighted by Gasteiger charge is -2.22. The molecule has 0 radical (unpaired) electrons. The Morgan fingerprint density at radius 1 is 1.19 bits per heavy atom. The molecule has 192 valence electrons. The van der Waals surface area contributed by atoms with Gasteiger partial charge in [0, 0.05) is 37.3 Å². The molecule has 2 aromatic carbocycles. The molecule has 3 rings (SSSR count). The fourth-order valence-corrected chi connectivity index (χ4v) is 4.54. The number of halogens is 1. The van der Waals surface area contributed by atoms with Gasteiger partial charge in [-0.3, -0.25) is 14.6 Å². The van der Waals surface area contributed by atoms with Crippen molar-refractivity contribution >= 4 is 51.0 Å². The number of hydrazone groups is 1. The third-order valence-corrected chi connectivity index (χ3v) is 7.27. The highest BCUT2D eigenvalue weighted by Gasteiger charge is 2.33. The van der Waals surface area contributed by atoms with Crippen molar-refractivity contribution in [2.45, 2.75) is 19.3 Å². The molecule has 1 aliphatic rings. The molecule has 2 aromatic rings. The van der Waals surface area contributed by atoms with E-state index in [2.05, 4.69) is 20.1 Å². The van der Waals surface area contributed by atoms with Crippen LogP contribution < -0.4 is 10.0 Å². The van der Waals surface area contributed by atoms with E-state index in [0.717, 1.165) is 15.4 Å². The normalized spacial score (nSPS) is 16.1. The van der Waals surface area contributed by atoms with Crippen LogP contribution in [0.25, 0.3) is 0 Å². The summed E-state index contributed by atoms with van der Waals surface area (Å²) in [4.78, 5) is 26.6. The Bertz CT molecular complexity index is 1280. The molecule has 1 amide bonds. The molecule has 36 heavy (non-hydrogen) atoms. The van der Waals surface area contributed by atoms with Crippen LogP contribution in [0, 0.1) is 0 Å². The first kappa shape index (κ1) is 27.1. The number of aliphatic carboxylic acids is 1. The van der Waals surface area contributed by atoms with Crippen molar-refractivity contribution in [3.8, 4) is 0 Å². The Kier molecular flexibility index (Phi) is 8.66. The van der Waals surface area contributed by atoms with E-state index >= 15 is 0 Å². The second-order valence-corrected chi connectivity index (χ2v) is 10.2. The lowest BCUT2D eigenvalue weighted by molar-refractivity contribution is -0.139. The number of aliphatic imine (C=N–C) groups is 1. The summed E-state index contributed by atoms with van der Waals surface area (Å²) >= 11 is 6.06. The maximum absolute atomic E-state index is 12.6. The molecule has 1 unspecified atom stereocenters. The predicted molar refractivity (Wildman–Crippen MR) is 138 cm³/mol. The molecule has 0 bridgehead atoms. The third kappa shape index (κ3) is 6.59. The zero-order chi connectivity index (χ0) is 26.5. The third-order valence-electron chi connectivity index (χ3n) is 5.49. The van der Waals surface area contributed by atoms with Crippen molar-refractivity contribution < 1.29 is 23.1 Å². The van der Waals surface area contributed by atoms with Gasteiger partial charge in [-0.05, 0) is 35.4 Å². The van der Waals surface area contributed by atoms with Crippen LogP contribution in [0.1, 0.15) is 30.4 Å². The number of hydrogen-bond donors (Lipinski definition) is 3. The zero-order valence-electron chi connectivity index (χ0n) is 20.0. The topological polar surface area (TPSA) is 144 Å². The number of carbonyl (C=O) groups is 2. The summed E-state index contributed by atoms with van der Waals surface area (Å²) in [6.45, 7) is 2.30. The van der Waals surface area contributed by atoms with Crippen LogP contribution in [0.3, 0.4) is 0 Å². The fraction of sp³-hybridized carbons (Fsp3) is 0.304. The van der Waals surface area contributed by atoms with Crippen molar-refractivity contribution in [1.82, 2.24) is 14.0 Å². The van der Waals surface area contributed by atoms with Crippen molar-refractivity contribution in [3.63, 3.8) is 0 Å². The Balaban J connectivity index is 1.91. The van der Waals surface area contributed by atoms with Crippen molar-refractivity contribution in [1.29, 1.82) is 0 Å². The van der Waals surface area contributed by atoms with Gasteiger partial charge in [0.15, 0.2) is 0 Å². The number of nitrogens with zero attached hydrogens (tertiary/aromatic N) is 4. The first-order valence-electron chi connectivity index (χ1n) is 11.0. The van der Waals surface area contributed by atoms with Crippen molar-refractivity contribution in [3.05, 3.63) is 64.7 Å². The molecule has 0 aliphatic carbocycles. The lowest BCUT2D eigenvalue weighted by atomic mass is 9.90. The van der Waals surface area contributed by atoms with E-state index in [0.29, 0.717) is 23.0 Å². The van der Waals surface area contributed by atoms with Gasteiger partial charge in [0.05, 0.1) is 12.3 Å². The molecule has 1 heterocycles. The number of carboxylic acids is 1. The molecular formula is C23H27ClN6O5S. The smallest absolute Gasteiger partial charge is 0.312 e. The Labute approximate surface area is 214 Å². The molecule has 13 heteroatoms. The summed E-state index contributed by atoms with van der Waals surface area (Å²) in [5, 5.41) is 18.1. The van der Waals surface area contributed by atoms with Gasteiger partial charge < -0.3 is 10.4 Å². The minimum Gasteiger partial charge on any atom is -0.481 e. The van der Waals surface area contributed by atoms with E-state index < -0.39 is 28.5 Å². The SMILES string of the molecule is CCN(C)S(=O)(=O)NC(=NC)N1CC(c2ccc(NC(=O)CC(=O)O)cc2)C(c2ccc(Cl)cc2)=N1. The van der Waals surface area contributed by atoms with E-state index in [-0.39, 0.29) is 18.4 Å². The number of carbonyl (C=O) groups excluding carboxylic acids is 1. The Morgan fingerprint density at radius 2 is 1.83 bits per heavy atom. The Morgan fingerprint density at radius 3 is 2.39 bits per heavy atom. The number of amides is 1. The van der Waals surface area contributed by atoms with E-state index in [1.54, 1.807) is 43.3 Å². The van der Waals surface area contributed by atoms with Gasteiger partial charge in [0.25, 0.3) is 0 Å². The summed E-state index contributed by atoms with van der Waals surface area (Å²) < 4.78 is 28.8. The van der Waals surface area contributed by atoms with Crippen LogP contribution in [0.2, 0.25) is 5.02 Å². The van der Waals surface area contributed by atoms with E-state index in [1.165, 1.54) is 19.1 Å². The molecule has 1 aliphatic heterocycles. The summed E-state index contributed by atoms with van der Waals surface area (Å²) in [6.07, 6.45) is -0.630. The predicted octanol–water partition coefficient (Wildman–Crippen LogP) is 2.33. The minimum atomic E-state index is -3.81. The lowest BCUT2D eigenvalue weighted by Crippen LogP contribution is -2.46. The van der Waals surface area contributed by atoms with E-state index in [9.17, 15) is 18.0 Å². The summed E-state index contributed by atoms with van der Waals surface area (Å²) in [5.74, 6) is -2.03. The average molecular weight is 535 g/mol. The van der Waals surface area contributed by atoms with Crippen molar-refractivity contribution in [2.75, 3.05) is 32.5 Å². The number of guanidine groups is 1. The number of carboxylic acid groups (broad SMARTS) is 1. The maximum Gasteiger partial charge on any atom is 0.312 e. The van der Waals surface area contributed by atoms with Gasteiger partial charge in [-0.15, -0.1) is 0 Å².